The second-order valence-electron chi connectivity index (χ2n) is 10.9. The Bertz CT molecular complexity index is 1990. The number of halogens is 1. The molecule has 8 nitrogen and oxygen atoms in total. The number of nitrogens with zero attached hydrogens (tertiary/aromatic N) is 3. The summed E-state index contributed by atoms with van der Waals surface area (Å²) in [5.41, 5.74) is 3.45. The monoisotopic (exact) mass is 679 g/mol. The van der Waals surface area contributed by atoms with Crippen molar-refractivity contribution in [2.45, 2.75) is 29.7 Å². The second-order valence-corrected chi connectivity index (χ2v) is 13.0. The zero-order valence-corrected chi connectivity index (χ0v) is 27.5. The minimum absolute atomic E-state index is 0.0936. The fourth-order valence-corrected chi connectivity index (χ4v) is 7.05. The molecule has 0 saturated carbocycles. The minimum atomic E-state index is -1.01. The normalized spacial score (nSPS) is 15.5. The number of carbonyl (C=O) groups is 2. The molecule has 4 aromatic carbocycles. The van der Waals surface area contributed by atoms with Crippen molar-refractivity contribution in [3.05, 3.63) is 149 Å². The standard InChI is InChI=1S/C37H30FN3O5S2/c1-3-19-45-28-15-11-25(12-16-28)32-31(33(42)26-13-17-29(18-14-26)46-21-24-8-6-7-23(2)20-24)34(43)35(44)41(32)36-39-40-37(48-36)47-22-27-9-4-5-10-30(27)38/h3-18,20,32,42H,1,19,21-22H2,2H3. The van der Waals surface area contributed by atoms with Crippen molar-refractivity contribution in [2.24, 2.45) is 0 Å². The summed E-state index contributed by atoms with van der Waals surface area (Å²) >= 11 is 2.37. The number of hydrogen-bond donors (Lipinski definition) is 1. The van der Waals surface area contributed by atoms with Crippen molar-refractivity contribution < 1.29 is 28.6 Å². The lowest BCUT2D eigenvalue weighted by Crippen LogP contribution is -2.29. The van der Waals surface area contributed by atoms with Crippen LogP contribution in [0, 0.1) is 12.7 Å². The van der Waals surface area contributed by atoms with Gasteiger partial charge in [0.25, 0.3) is 5.78 Å². The van der Waals surface area contributed by atoms with Crippen LogP contribution in [-0.2, 0) is 21.9 Å². The van der Waals surface area contributed by atoms with E-state index in [0.29, 0.717) is 51.5 Å². The highest BCUT2D eigenvalue weighted by Crippen LogP contribution is 2.44. The summed E-state index contributed by atoms with van der Waals surface area (Å²) in [6.07, 6.45) is 1.62. The molecule has 48 heavy (non-hydrogen) atoms. The zero-order chi connectivity index (χ0) is 33.6. The maximum Gasteiger partial charge on any atom is 0.301 e. The maximum atomic E-state index is 14.2. The van der Waals surface area contributed by atoms with E-state index in [-0.39, 0.29) is 22.3 Å². The molecule has 1 saturated heterocycles. The molecule has 1 fully saturated rings. The molecule has 0 aliphatic carbocycles. The van der Waals surface area contributed by atoms with Gasteiger partial charge in [-0.15, -0.1) is 10.2 Å². The Labute approximate surface area is 285 Å². The molecule has 1 aliphatic rings. The van der Waals surface area contributed by atoms with Crippen LogP contribution in [0.2, 0.25) is 0 Å². The van der Waals surface area contributed by atoms with Gasteiger partial charge < -0.3 is 14.6 Å². The van der Waals surface area contributed by atoms with Crippen LogP contribution in [-0.4, -0.2) is 33.6 Å². The molecular formula is C37H30FN3O5S2. The number of Topliss-reactive ketones (excluding diaryl/α,β-unsaturated/α-hetero) is 1. The molecule has 1 aromatic heterocycles. The number of anilines is 1. The topological polar surface area (TPSA) is 102 Å². The smallest absolute Gasteiger partial charge is 0.301 e. The highest BCUT2D eigenvalue weighted by atomic mass is 32.2. The molecule has 1 amide bonds. The van der Waals surface area contributed by atoms with Gasteiger partial charge in [-0.3, -0.25) is 14.5 Å². The molecule has 6 rings (SSSR count). The van der Waals surface area contributed by atoms with Gasteiger partial charge in [-0.25, -0.2) is 4.39 Å². The molecular weight excluding hydrogens is 650 g/mol. The lowest BCUT2D eigenvalue weighted by molar-refractivity contribution is -0.132. The van der Waals surface area contributed by atoms with Gasteiger partial charge in [0.05, 0.1) is 11.6 Å². The lowest BCUT2D eigenvalue weighted by atomic mass is 9.95. The summed E-state index contributed by atoms with van der Waals surface area (Å²) in [4.78, 5) is 28.5. The predicted molar refractivity (Wildman–Crippen MR) is 185 cm³/mol. The van der Waals surface area contributed by atoms with Crippen LogP contribution < -0.4 is 14.4 Å². The third kappa shape index (κ3) is 7.17. The van der Waals surface area contributed by atoms with Crippen molar-refractivity contribution >= 4 is 45.7 Å². The first-order valence-corrected chi connectivity index (χ1v) is 16.8. The SMILES string of the molecule is C=CCOc1ccc(C2C(=C(O)c3ccc(OCc4cccc(C)c4)cc3)C(=O)C(=O)N2c2nnc(SCc3ccccc3F)s2)cc1. The van der Waals surface area contributed by atoms with Crippen molar-refractivity contribution in [3.8, 4) is 11.5 Å². The van der Waals surface area contributed by atoms with E-state index in [1.165, 1.54) is 22.7 Å². The molecule has 0 radical (unpaired) electrons. The van der Waals surface area contributed by atoms with E-state index >= 15 is 0 Å². The van der Waals surface area contributed by atoms with Gasteiger partial charge in [0.2, 0.25) is 5.13 Å². The number of benzene rings is 4. The first-order valence-electron chi connectivity index (χ1n) is 15.0. The number of aliphatic hydroxyl groups excluding tert-OH is 1. The molecule has 242 valence electrons. The summed E-state index contributed by atoms with van der Waals surface area (Å²) in [7, 11) is 0. The summed E-state index contributed by atoms with van der Waals surface area (Å²) < 4.78 is 26.2. The average molecular weight is 680 g/mol. The number of rotatable bonds is 12. The minimum Gasteiger partial charge on any atom is -0.507 e. The zero-order valence-electron chi connectivity index (χ0n) is 25.8. The van der Waals surface area contributed by atoms with Gasteiger partial charge >= 0.3 is 5.91 Å². The Balaban J connectivity index is 1.31. The average Bonchev–Trinajstić information content (AvgIpc) is 3.67. The number of ketones is 1. The van der Waals surface area contributed by atoms with Crippen LogP contribution in [0.3, 0.4) is 0 Å². The number of aliphatic hydroxyl groups is 1. The number of thioether (sulfide) groups is 1. The van der Waals surface area contributed by atoms with Gasteiger partial charge in [-0.05, 0) is 66.1 Å². The number of amides is 1. The number of aryl methyl sites for hydroxylation is 1. The summed E-state index contributed by atoms with van der Waals surface area (Å²) in [5.74, 6) is -0.925. The van der Waals surface area contributed by atoms with Crippen molar-refractivity contribution in [2.75, 3.05) is 11.5 Å². The first kappa shape index (κ1) is 32.7. The van der Waals surface area contributed by atoms with Gasteiger partial charge in [-0.2, -0.15) is 0 Å². The highest BCUT2D eigenvalue weighted by molar-refractivity contribution is 8.00. The van der Waals surface area contributed by atoms with Crippen LogP contribution >= 0.6 is 23.1 Å². The Kier molecular flexibility index (Phi) is 9.98. The van der Waals surface area contributed by atoms with Crippen LogP contribution in [0.15, 0.2) is 120 Å². The number of aromatic nitrogens is 2. The molecule has 2 heterocycles. The van der Waals surface area contributed by atoms with E-state index in [4.69, 9.17) is 9.47 Å². The largest absolute Gasteiger partial charge is 0.507 e. The van der Waals surface area contributed by atoms with E-state index in [9.17, 15) is 19.1 Å². The third-order valence-corrected chi connectivity index (χ3v) is 9.64. The summed E-state index contributed by atoms with van der Waals surface area (Å²) in [6.45, 7) is 6.35. The second kappa shape index (κ2) is 14.7. The van der Waals surface area contributed by atoms with Crippen molar-refractivity contribution in [1.29, 1.82) is 0 Å². The van der Waals surface area contributed by atoms with Crippen molar-refractivity contribution in [1.82, 2.24) is 10.2 Å². The van der Waals surface area contributed by atoms with Gasteiger partial charge in [0, 0.05) is 11.3 Å². The van der Waals surface area contributed by atoms with E-state index in [2.05, 4.69) is 16.8 Å². The molecule has 1 N–H and O–H groups in total. The first-order chi connectivity index (χ1) is 23.3. The van der Waals surface area contributed by atoms with E-state index in [0.717, 1.165) is 22.5 Å². The van der Waals surface area contributed by atoms with Gasteiger partial charge in [-0.1, -0.05) is 95.9 Å². The van der Waals surface area contributed by atoms with Crippen LogP contribution in [0.25, 0.3) is 5.76 Å². The molecule has 1 aliphatic heterocycles. The van der Waals surface area contributed by atoms with E-state index in [1.807, 2.05) is 31.2 Å². The molecule has 1 atom stereocenters. The Morgan fingerprint density at radius 1 is 0.979 bits per heavy atom. The quantitative estimate of drug-likeness (QED) is 0.0353. The Morgan fingerprint density at radius 3 is 2.44 bits per heavy atom. The summed E-state index contributed by atoms with van der Waals surface area (Å²) in [6, 6.07) is 27.0. The fourth-order valence-electron chi connectivity index (χ4n) is 5.19. The van der Waals surface area contributed by atoms with E-state index in [1.54, 1.807) is 72.8 Å². The van der Waals surface area contributed by atoms with Crippen LogP contribution in [0.1, 0.15) is 33.9 Å². The molecule has 11 heteroatoms. The summed E-state index contributed by atoms with van der Waals surface area (Å²) in [5, 5.41) is 20.2. The van der Waals surface area contributed by atoms with Crippen LogP contribution in [0.4, 0.5) is 9.52 Å². The predicted octanol–water partition coefficient (Wildman–Crippen LogP) is 8.05. The lowest BCUT2D eigenvalue weighted by Gasteiger charge is -2.22. The number of ether oxygens (including phenoxy) is 2. The third-order valence-electron chi connectivity index (χ3n) is 7.53. The van der Waals surface area contributed by atoms with E-state index < -0.39 is 17.7 Å². The fraction of sp³-hybridized carbons (Fsp3) is 0.135. The number of hydrogen-bond acceptors (Lipinski definition) is 9. The highest BCUT2D eigenvalue weighted by Gasteiger charge is 2.48. The van der Waals surface area contributed by atoms with Gasteiger partial charge in [0.15, 0.2) is 4.34 Å². The van der Waals surface area contributed by atoms with Crippen molar-refractivity contribution in [3.63, 3.8) is 0 Å². The van der Waals surface area contributed by atoms with Crippen LogP contribution in [0.5, 0.6) is 11.5 Å². The Morgan fingerprint density at radius 2 is 1.71 bits per heavy atom. The van der Waals surface area contributed by atoms with Gasteiger partial charge in [0.1, 0.15) is 36.3 Å². The maximum absolute atomic E-state index is 14.2. The Hall–Kier alpha value is -5.26. The molecule has 5 aromatic rings. The molecule has 0 spiro atoms. The number of carbonyl (C=O) groups excluding carboxylic acids is 2. The molecule has 1 unspecified atom stereocenters. The molecule has 0 bridgehead atoms.